The molecule has 1 rings (SSSR count). The highest BCUT2D eigenvalue weighted by Gasteiger charge is 2.28. The van der Waals surface area contributed by atoms with Gasteiger partial charge in [0.1, 0.15) is 0 Å². The van der Waals surface area contributed by atoms with Gasteiger partial charge in [-0.3, -0.25) is 4.72 Å². The van der Waals surface area contributed by atoms with Crippen LogP contribution in [-0.2, 0) is 19.2 Å². The van der Waals surface area contributed by atoms with Crippen molar-refractivity contribution < 1.29 is 22.4 Å². The van der Waals surface area contributed by atoms with Crippen molar-refractivity contribution in [1.29, 1.82) is 0 Å². The van der Waals surface area contributed by atoms with E-state index in [0.717, 1.165) is 11.8 Å². The number of hydrogen-bond donors (Lipinski definition) is 1. The monoisotopic (exact) mass is 416 g/mol. The van der Waals surface area contributed by atoms with Crippen molar-refractivity contribution in [3.05, 3.63) is 29.8 Å². The lowest BCUT2D eigenvalue weighted by Gasteiger charge is -2.33. The normalized spacial score (nSPS) is 13.3. The van der Waals surface area contributed by atoms with Crippen molar-refractivity contribution in [3.63, 3.8) is 0 Å². The minimum atomic E-state index is -3.33. The van der Waals surface area contributed by atoms with Crippen LogP contribution in [0.3, 0.4) is 0 Å². The van der Waals surface area contributed by atoms with Gasteiger partial charge in [0.2, 0.25) is 10.0 Å². The second kappa shape index (κ2) is 9.56. The molecule has 9 heteroatoms. The van der Waals surface area contributed by atoms with Crippen LogP contribution in [0.4, 0.5) is 10.5 Å². The van der Waals surface area contributed by atoms with Crippen LogP contribution in [0.5, 0.6) is 0 Å². The molecule has 0 heterocycles. The first-order valence-corrected chi connectivity index (χ1v) is 14.3. The van der Waals surface area contributed by atoms with Crippen molar-refractivity contribution in [2.45, 2.75) is 52.6 Å². The molecule has 0 spiro atoms. The van der Waals surface area contributed by atoms with Gasteiger partial charge in [-0.2, -0.15) is 0 Å². The van der Waals surface area contributed by atoms with Gasteiger partial charge in [0.15, 0.2) is 8.32 Å². The Morgan fingerprint density at radius 2 is 1.74 bits per heavy atom. The molecule has 0 aliphatic carbocycles. The lowest BCUT2D eigenvalue weighted by atomic mass is 10.1. The molecule has 1 atom stereocenters. The minimum absolute atomic E-state index is 0.0389. The largest absolute Gasteiger partial charge is 0.450 e. The van der Waals surface area contributed by atoms with Crippen LogP contribution in [0, 0.1) is 0 Å². The molecule has 1 amide bonds. The first-order chi connectivity index (χ1) is 12.3. The fourth-order valence-electron chi connectivity index (χ4n) is 2.50. The summed E-state index contributed by atoms with van der Waals surface area (Å²) in [6, 6.07) is 6.99. The summed E-state index contributed by atoms with van der Waals surface area (Å²) in [5, 5.41) is 0. The number of ether oxygens (including phenoxy) is 1. The average molecular weight is 417 g/mol. The second-order valence-electron chi connectivity index (χ2n) is 7.66. The highest BCUT2D eigenvalue weighted by atomic mass is 32.2. The van der Waals surface area contributed by atoms with Gasteiger partial charge in [0, 0.05) is 11.7 Å². The molecular formula is C18H32N2O5SSi. The molecule has 1 N–H and O–H groups in total. The van der Waals surface area contributed by atoms with E-state index in [2.05, 4.69) is 24.4 Å². The third-order valence-electron chi connectivity index (χ3n) is 3.57. The van der Waals surface area contributed by atoms with Gasteiger partial charge in [0.25, 0.3) is 0 Å². The van der Waals surface area contributed by atoms with E-state index in [1.165, 1.54) is 0 Å². The quantitative estimate of drug-likeness (QED) is 0.619. The fourth-order valence-corrected chi connectivity index (χ4v) is 4.13. The first kappa shape index (κ1) is 23.5. The summed E-state index contributed by atoms with van der Waals surface area (Å²) in [5.41, 5.74) is 1.37. The summed E-state index contributed by atoms with van der Waals surface area (Å²) in [6.07, 6.45) is 0.417. The van der Waals surface area contributed by atoms with Crippen LogP contribution in [0.1, 0.15) is 32.4 Å². The average Bonchev–Trinajstić information content (AvgIpc) is 2.49. The van der Waals surface area contributed by atoms with Gasteiger partial charge in [0.05, 0.1) is 25.5 Å². The van der Waals surface area contributed by atoms with Crippen molar-refractivity contribution >= 4 is 30.1 Å². The molecule has 0 radical (unpaired) electrons. The molecule has 1 aromatic carbocycles. The summed E-state index contributed by atoms with van der Waals surface area (Å²) in [7, 11) is -5.23. The van der Waals surface area contributed by atoms with Crippen LogP contribution >= 0.6 is 0 Å². The molecule has 1 unspecified atom stereocenters. The zero-order chi connectivity index (χ0) is 20.8. The lowest BCUT2D eigenvalue weighted by molar-refractivity contribution is 0.0688. The van der Waals surface area contributed by atoms with Gasteiger partial charge < -0.3 is 14.1 Å². The van der Waals surface area contributed by atoms with E-state index in [-0.39, 0.29) is 18.2 Å². The first-order valence-electron chi connectivity index (χ1n) is 9.01. The Hall–Kier alpha value is -1.58. The number of benzene rings is 1. The number of nitrogens with one attached hydrogen (secondary N) is 1. The zero-order valence-electron chi connectivity index (χ0n) is 17.3. The van der Waals surface area contributed by atoms with E-state index in [1.807, 2.05) is 26.0 Å². The standard InChI is InChI=1S/C18H32N2O5SSi/c1-8-24-18(21)20(14(2)3)13-17(25-27(5,6)7)15-9-11-16(12-10-15)19-26(4,22)23/h9-12,14,17,19H,8,13H2,1-7H3. The molecule has 0 aromatic heterocycles. The van der Waals surface area contributed by atoms with E-state index >= 15 is 0 Å². The maximum Gasteiger partial charge on any atom is 0.410 e. The lowest BCUT2D eigenvalue weighted by Crippen LogP contribution is -2.42. The Balaban J connectivity index is 3.11. The Morgan fingerprint density at radius 1 is 1.19 bits per heavy atom. The number of anilines is 1. The molecule has 7 nitrogen and oxygen atoms in total. The molecule has 0 fully saturated rings. The van der Waals surface area contributed by atoms with Gasteiger partial charge >= 0.3 is 6.09 Å². The SMILES string of the molecule is CCOC(=O)N(CC(O[Si](C)(C)C)c1ccc(NS(C)(=O)=O)cc1)C(C)C. The van der Waals surface area contributed by atoms with Gasteiger partial charge in [-0.05, 0) is 58.1 Å². The number of sulfonamides is 1. The zero-order valence-corrected chi connectivity index (χ0v) is 19.1. The van der Waals surface area contributed by atoms with Crippen molar-refractivity contribution in [3.8, 4) is 0 Å². The summed E-state index contributed by atoms with van der Waals surface area (Å²) >= 11 is 0. The Morgan fingerprint density at radius 3 is 2.15 bits per heavy atom. The van der Waals surface area contributed by atoms with Crippen LogP contribution in [0.15, 0.2) is 24.3 Å². The topological polar surface area (TPSA) is 84.9 Å². The molecule has 0 bridgehead atoms. The molecule has 27 heavy (non-hydrogen) atoms. The third kappa shape index (κ3) is 8.76. The van der Waals surface area contributed by atoms with Gasteiger partial charge in [-0.1, -0.05) is 12.1 Å². The fraction of sp³-hybridized carbons (Fsp3) is 0.611. The third-order valence-corrected chi connectivity index (χ3v) is 5.17. The van der Waals surface area contributed by atoms with Crippen LogP contribution < -0.4 is 4.72 Å². The van der Waals surface area contributed by atoms with E-state index in [0.29, 0.717) is 18.8 Å². The highest BCUT2D eigenvalue weighted by molar-refractivity contribution is 7.92. The molecule has 1 aromatic rings. The van der Waals surface area contributed by atoms with Gasteiger partial charge in [-0.15, -0.1) is 0 Å². The Kier molecular flexibility index (Phi) is 8.31. The summed E-state index contributed by atoms with van der Waals surface area (Å²) in [4.78, 5) is 14.0. The van der Waals surface area contributed by atoms with Crippen LogP contribution in [0.2, 0.25) is 19.6 Å². The highest BCUT2D eigenvalue weighted by Crippen LogP contribution is 2.26. The van der Waals surface area contributed by atoms with Gasteiger partial charge in [-0.25, -0.2) is 13.2 Å². The van der Waals surface area contributed by atoms with Crippen molar-refractivity contribution in [2.75, 3.05) is 24.1 Å². The number of amides is 1. The van der Waals surface area contributed by atoms with Crippen LogP contribution in [0.25, 0.3) is 0 Å². The van der Waals surface area contributed by atoms with E-state index < -0.39 is 18.3 Å². The number of carbonyl (C=O) groups excluding carboxylic acids is 1. The summed E-state index contributed by atoms with van der Waals surface area (Å²) in [6.45, 7) is 12.6. The number of carbonyl (C=O) groups is 1. The number of rotatable bonds is 9. The maximum absolute atomic E-state index is 12.3. The van der Waals surface area contributed by atoms with Crippen molar-refractivity contribution in [1.82, 2.24) is 4.90 Å². The molecule has 0 aliphatic rings. The van der Waals surface area contributed by atoms with E-state index in [9.17, 15) is 13.2 Å². The maximum atomic E-state index is 12.3. The smallest absolute Gasteiger partial charge is 0.410 e. The van der Waals surface area contributed by atoms with Crippen LogP contribution in [-0.4, -0.2) is 53.2 Å². The summed E-state index contributed by atoms with van der Waals surface area (Å²) in [5.74, 6) is 0. The predicted octanol–water partition coefficient (Wildman–Crippen LogP) is 3.82. The van der Waals surface area contributed by atoms with Crippen molar-refractivity contribution in [2.24, 2.45) is 0 Å². The molecule has 0 saturated heterocycles. The Labute approximate surface area is 164 Å². The van der Waals surface area contributed by atoms with E-state index in [1.54, 1.807) is 24.0 Å². The molecule has 154 valence electrons. The minimum Gasteiger partial charge on any atom is -0.450 e. The number of nitrogens with zero attached hydrogens (tertiary/aromatic N) is 1. The number of hydrogen-bond acceptors (Lipinski definition) is 5. The second-order valence-corrected chi connectivity index (χ2v) is 13.9. The molecule has 0 aliphatic heterocycles. The molecular weight excluding hydrogens is 384 g/mol. The Bertz CT molecular complexity index is 714. The predicted molar refractivity (Wildman–Crippen MR) is 111 cm³/mol. The van der Waals surface area contributed by atoms with E-state index in [4.69, 9.17) is 9.16 Å². The summed E-state index contributed by atoms with van der Waals surface area (Å²) < 4.78 is 36.7. The molecule has 0 saturated carbocycles.